The van der Waals surface area contributed by atoms with E-state index in [-0.39, 0.29) is 5.91 Å². The zero-order valence-corrected chi connectivity index (χ0v) is 8.69. The first kappa shape index (κ1) is 11.2. The molecular weight excluding hydrogens is 194 g/mol. The molecule has 1 aromatic rings. The highest BCUT2D eigenvalue weighted by molar-refractivity contribution is 5.82. The van der Waals surface area contributed by atoms with Crippen LogP contribution in [0.15, 0.2) is 24.3 Å². The van der Waals surface area contributed by atoms with E-state index in [1.165, 1.54) is 7.05 Å². The number of para-hydroxylation sites is 1. The van der Waals surface area contributed by atoms with E-state index >= 15 is 0 Å². The summed E-state index contributed by atoms with van der Waals surface area (Å²) in [5, 5.41) is 2.47. The van der Waals surface area contributed by atoms with Crippen molar-refractivity contribution in [1.82, 2.24) is 5.32 Å². The van der Waals surface area contributed by atoms with Gasteiger partial charge in [-0.25, -0.2) is 0 Å². The maximum absolute atomic E-state index is 11.2. The number of nitrogens with one attached hydrogen (secondary N) is 1. The van der Waals surface area contributed by atoms with E-state index in [1.807, 2.05) is 0 Å². The number of carbonyl (C=O) groups is 2. The van der Waals surface area contributed by atoms with Crippen molar-refractivity contribution in [3.63, 3.8) is 0 Å². The maximum atomic E-state index is 11.2. The predicted molar refractivity (Wildman–Crippen MR) is 56.0 cm³/mol. The Morgan fingerprint density at radius 1 is 1.47 bits per heavy atom. The van der Waals surface area contributed by atoms with Crippen LogP contribution in [0.25, 0.3) is 0 Å². The first-order chi connectivity index (χ1) is 7.19. The average molecular weight is 207 g/mol. The van der Waals surface area contributed by atoms with Crippen molar-refractivity contribution in [2.24, 2.45) is 0 Å². The van der Waals surface area contributed by atoms with Gasteiger partial charge in [0.2, 0.25) is 0 Å². The average Bonchev–Trinajstić information content (AvgIpc) is 2.28. The molecule has 4 heteroatoms. The number of benzene rings is 1. The molecule has 0 fully saturated rings. The molecule has 1 N–H and O–H groups in total. The second-order valence-corrected chi connectivity index (χ2v) is 3.03. The predicted octanol–water partition coefficient (Wildman–Crippen LogP) is 1.01. The van der Waals surface area contributed by atoms with Crippen molar-refractivity contribution >= 4 is 12.2 Å². The van der Waals surface area contributed by atoms with Crippen LogP contribution >= 0.6 is 0 Å². The Morgan fingerprint density at radius 2 is 2.13 bits per heavy atom. The number of rotatable bonds is 4. The number of amides is 1. The molecule has 0 saturated carbocycles. The lowest BCUT2D eigenvalue weighted by molar-refractivity contribution is -0.126. The number of hydrogen-bond acceptors (Lipinski definition) is 3. The molecular formula is C11H13NO3. The molecule has 4 nitrogen and oxygen atoms in total. The summed E-state index contributed by atoms with van der Waals surface area (Å²) in [7, 11) is 1.54. The van der Waals surface area contributed by atoms with Gasteiger partial charge >= 0.3 is 0 Å². The quantitative estimate of drug-likeness (QED) is 0.750. The van der Waals surface area contributed by atoms with Gasteiger partial charge in [0.05, 0.1) is 5.56 Å². The van der Waals surface area contributed by atoms with Crippen LogP contribution < -0.4 is 10.1 Å². The van der Waals surface area contributed by atoms with Crippen LogP contribution in [0.2, 0.25) is 0 Å². The Morgan fingerprint density at radius 3 is 2.73 bits per heavy atom. The third-order valence-electron chi connectivity index (χ3n) is 1.97. The van der Waals surface area contributed by atoms with Gasteiger partial charge in [-0.05, 0) is 19.1 Å². The molecule has 0 aliphatic rings. The van der Waals surface area contributed by atoms with Gasteiger partial charge in [-0.2, -0.15) is 0 Å². The summed E-state index contributed by atoms with van der Waals surface area (Å²) in [6, 6.07) is 6.78. The van der Waals surface area contributed by atoms with Crippen LogP contribution in [0, 0.1) is 0 Å². The molecule has 0 aliphatic heterocycles. The topological polar surface area (TPSA) is 55.4 Å². The van der Waals surface area contributed by atoms with Crippen molar-refractivity contribution in [3.05, 3.63) is 29.8 Å². The van der Waals surface area contributed by atoms with Crippen molar-refractivity contribution in [1.29, 1.82) is 0 Å². The number of hydrogen-bond donors (Lipinski definition) is 1. The van der Waals surface area contributed by atoms with E-state index in [1.54, 1.807) is 31.2 Å². The van der Waals surface area contributed by atoms with Gasteiger partial charge in [0.25, 0.3) is 5.91 Å². The number of aldehydes is 1. The van der Waals surface area contributed by atoms with E-state index in [9.17, 15) is 9.59 Å². The summed E-state index contributed by atoms with van der Waals surface area (Å²) in [5.41, 5.74) is 0.438. The van der Waals surface area contributed by atoms with E-state index in [0.717, 1.165) is 0 Å². The monoisotopic (exact) mass is 207 g/mol. The molecule has 1 atom stereocenters. The summed E-state index contributed by atoms with van der Waals surface area (Å²) >= 11 is 0. The highest BCUT2D eigenvalue weighted by Crippen LogP contribution is 2.17. The van der Waals surface area contributed by atoms with Crippen LogP contribution in [0.5, 0.6) is 5.75 Å². The molecule has 0 radical (unpaired) electrons. The van der Waals surface area contributed by atoms with Gasteiger partial charge < -0.3 is 10.1 Å². The minimum atomic E-state index is -0.615. The highest BCUT2D eigenvalue weighted by Gasteiger charge is 2.13. The van der Waals surface area contributed by atoms with Gasteiger partial charge in [-0.15, -0.1) is 0 Å². The standard InChI is InChI=1S/C11H13NO3/c1-8(11(14)12-2)15-10-6-4-3-5-9(10)7-13/h3-8H,1-2H3,(H,12,14)/t8-/m1/s1. The molecule has 0 bridgehead atoms. The van der Waals surface area contributed by atoms with Crippen LogP contribution in [0.4, 0.5) is 0 Å². The van der Waals surface area contributed by atoms with Gasteiger partial charge in [0, 0.05) is 7.05 Å². The van der Waals surface area contributed by atoms with E-state index in [4.69, 9.17) is 4.74 Å². The van der Waals surface area contributed by atoms with Crippen LogP contribution in [-0.2, 0) is 4.79 Å². The molecule has 0 heterocycles. The largest absolute Gasteiger partial charge is 0.480 e. The van der Waals surface area contributed by atoms with Crippen LogP contribution in [0.3, 0.4) is 0 Å². The Hall–Kier alpha value is -1.84. The lowest BCUT2D eigenvalue weighted by Crippen LogP contribution is -2.33. The minimum Gasteiger partial charge on any atom is -0.480 e. The zero-order valence-electron chi connectivity index (χ0n) is 8.69. The minimum absolute atomic E-state index is 0.226. The number of likely N-dealkylation sites (N-methyl/N-ethyl adjacent to an activating group) is 1. The Labute approximate surface area is 88.2 Å². The zero-order chi connectivity index (χ0) is 11.3. The summed E-state index contributed by atoms with van der Waals surface area (Å²) in [6.07, 6.45) is 0.0856. The van der Waals surface area contributed by atoms with Crippen molar-refractivity contribution in [2.45, 2.75) is 13.0 Å². The molecule has 1 rings (SSSR count). The molecule has 1 aromatic carbocycles. The van der Waals surface area contributed by atoms with Crippen molar-refractivity contribution < 1.29 is 14.3 Å². The van der Waals surface area contributed by atoms with Gasteiger partial charge in [-0.3, -0.25) is 9.59 Å². The fourth-order valence-corrected chi connectivity index (χ4v) is 1.13. The van der Waals surface area contributed by atoms with Gasteiger partial charge in [0.15, 0.2) is 12.4 Å². The fraction of sp³-hybridized carbons (Fsp3) is 0.273. The molecule has 0 spiro atoms. The van der Waals surface area contributed by atoms with E-state index < -0.39 is 6.10 Å². The summed E-state index contributed by atoms with van der Waals surface area (Å²) in [5.74, 6) is 0.194. The molecule has 0 unspecified atom stereocenters. The molecule has 0 aromatic heterocycles. The van der Waals surface area contributed by atoms with Gasteiger partial charge in [0.1, 0.15) is 5.75 Å². The Balaban J connectivity index is 2.80. The van der Waals surface area contributed by atoms with Crippen LogP contribution in [0.1, 0.15) is 17.3 Å². The summed E-state index contributed by atoms with van der Waals surface area (Å²) in [6.45, 7) is 1.63. The van der Waals surface area contributed by atoms with Crippen molar-refractivity contribution in [3.8, 4) is 5.75 Å². The number of carbonyl (C=O) groups excluding carboxylic acids is 2. The SMILES string of the molecule is CNC(=O)[C@@H](C)Oc1ccccc1C=O. The number of ether oxygens (including phenoxy) is 1. The van der Waals surface area contributed by atoms with Gasteiger partial charge in [-0.1, -0.05) is 12.1 Å². The fourth-order valence-electron chi connectivity index (χ4n) is 1.13. The third-order valence-corrected chi connectivity index (χ3v) is 1.97. The lowest BCUT2D eigenvalue weighted by atomic mass is 10.2. The highest BCUT2D eigenvalue weighted by atomic mass is 16.5. The van der Waals surface area contributed by atoms with Crippen molar-refractivity contribution in [2.75, 3.05) is 7.05 Å². The lowest BCUT2D eigenvalue weighted by Gasteiger charge is -2.14. The first-order valence-corrected chi connectivity index (χ1v) is 4.61. The third kappa shape index (κ3) is 2.80. The summed E-state index contributed by atoms with van der Waals surface area (Å²) < 4.78 is 5.35. The van der Waals surface area contributed by atoms with E-state index in [2.05, 4.69) is 5.32 Å². The second kappa shape index (κ2) is 5.14. The maximum Gasteiger partial charge on any atom is 0.260 e. The summed E-state index contributed by atoms with van der Waals surface area (Å²) in [4.78, 5) is 21.9. The molecule has 1 amide bonds. The Bertz CT molecular complexity index is 363. The van der Waals surface area contributed by atoms with Crippen LogP contribution in [-0.4, -0.2) is 25.3 Å². The molecule has 15 heavy (non-hydrogen) atoms. The molecule has 0 saturated heterocycles. The molecule has 0 aliphatic carbocycles. The Kier molecular flexibility index (Phi) is 3.85. The first-order valence-electron chi connectivity index (χ1n) is 4.61. The van der Waals surface area contributed by atoms with E-state index in [0.29, 0.717) is 17.6 Å². The second-order valence-electron chi connectivity index (χ2n) is 3.03. The normalized spacial score (nSPS) is 11.6. The smallest absolute Gasteiger partial charge is 0.260 e. The molecule has 80 valence electrons.